The van der Waals surface area contributed by atoms with E-state index in [1.165, 1.54) is 0 Å². The second-order valence-corrected chi connectivity index (χ2v) is 2.25. The Balaban J connectivity index is 0.000000605. The van der Waals surface area contributed by atoms with Crippen LogP contribution in [0.15, 0.2) is 24.4 Å². The van der Waals surface area contributed by atoms with Crippen molar-refractivity contribution in [2.45, 2.75) is 0 Å². The fourth-order valence-electron chi connectivity index (χ4n) is 1.04. The predicted octanol–water partition coefficient (Wildman–Crippen LogP) is 1.37. The van der Waals surface area contributed by atoms with Crippen LogP contribution >= 0.6 is 0 Å². The molecule has 0 bridgehead atoms. The maximum atomic E-state index is 4.09. The van der Waals surface area contributed by atoms with E-state index in [1.54, 1.807) is 0 Å². The molecule has 0 atom stereocenters. The third-order valence-electron chi connectivity index (χ3n) is 1.59. The van der Waals surface area contributed by atoms with Gasteiger partial charge in [0.25, 0.3) is 0 Å². The van der Waals surface area contributed by atoms with Gasteiger partial charge in [-0.3, -0.25) is 4.68 Å². The van der Waals surface area contributed by atoms with Crippen molar-refractivity contribution in [2.24, 2.45) is 7.05 Å². The average molecular weight is 270 g/mol. The average Bonchev–Trinajstić information content (AvgIpc) is 2.34. The molecule has 0 spiro atoms. The zero-order chi connectivity index (χ0) is 6.97. The first-order chi connectivity index (χ1) is 4.88. The van der Waals surface area contributed by atoms with Gasteiger partial charge in [0.1, 0.15) is 0 Å². The van der Waals surface area contributed by atoms with Crippen LogP contribution in [0.25, 0.3) is 10.9 Å². The molecular weight excluding hydrogens is 263 g/mol. The van der Waals surface area contributed by atoms with Gasteiger partial charge in [0.2, 0.25) is 0 Å². The molecule has 3 heteroatoms. The Morgan fingerprint density at radius 3 is 3.09 bits per heavy atom. The molecule has 53 valence electrons. The van der Waals surface area contributed by atoms with Crippen molar-refractivity contribution >= 4 is 10.9 Å². The molecule has 2 nitrogen and oxygen atoms in total. The zero-order valence-electron chi connectivity index (χ0n) is 6.28. The van der Waals surface area contributed by atoms with Gasteiger partial charge in [0, 0.05) is 48.8 Å². The van der Waals surface area contributed by atoms with E-state index in [-0.39, 0.29) is 35.6 Å². The summed E-state index contributed by atoms with van der Waals surface area (Å²) in [4.78, 5) is 0. The van der Waals surface area contributed by atoms with Gasteiger partial charge in [-0.2, -0.15) is 23.3 Å². The van der Waals surface area contributed by atoms with E-state index in [9.17, 15) is 0 Å². The zero-order valence-corrected chi connectivity index (χ0v) is 9.91. The maximum Gasteiger partial charge on any atom is 0.0279 e. The molecule has 11 heavy (non-hydrogen) atoms. The Bertz CT molecular complexity index is 354. The second kappa shape index (κ2) is 3.52. The summed E-state index contributed by atoms with van der Waals surface area (Å²) in [6.45, 7) is 0. The third-order valence-corrected chi connectivity index (χ3v) is 1.59. The molecule has 1 aromatic heterocycles. The number of fused-ring (bicyclic) bond motifs is 1. The number of benzene rings is 1. The monoisotopic (exact) mass is 270 g/mol. The standard InChI is InChI=1S/C8H7N2.La/c1-10-8-5-3-2-4-7(8)6-9-10;/h3-6H,1H3;/q-1;. The summed E-state index contributed by atoms with van der Waals surface area (Å²) in [7, 11) is 1.93. The molecule has 2 rings (SSSR count). The first kappa shape index (κ1) is 8.98. The number of nitrogens with zero attached hydrogens (tertiary/aromatic N) is 2. The summed E-state index contributed by atoms with van der Waals surface area (Å²) < 4.78 is 1.85. The molecule has 1 aromatic carbocycles. The van der Waals surface area contributed by atoms with Crippen LogP contribution in [0.2, 0.25) is 0 Å². The van der Waals surface area contributed by atoms with E-state index < -0.39 is 0 Å². The number of hydrogen-bond acceptors (Lipinski definition) is 1. The predicted molar refractivity (Wildman–Crippen MR) is 39.6 cm³/mol. The van der Waals surface area contributed by atoms with Gasteiger partial charge in [0.15, 0.2) is 0 Å². The van der Waals surface area contributed by atoms with Crippen LogP contribution in [-0.2, 0) is 7.05 Å². The largest absolute Gasteiger partial charge is 0.293 e. The Kier molecular flexibility index (Phi) is 2.87. The molecule has 0 aliphatic heterocycles. The quantitative estimate of drug-likeness (QED) is 0.661. The molecule has 0 unspecified atom stereocenters. The van der Waals surface area contributed by atoms with Crippen LogP contribution in [0.4, 0.5) is 0 Å². The third kappa shape index (κ3) is 1.55. The number of aryl methyl sites for hydroxylation is 1. The number of rotatable bonds is 0. The van der Waals surface area contributed by atoms with E-state index in [4.69, 9.17) is 0 Å². The van der Waals surface area contributed by atoms with Gasteiger partial charge in [0.05, 0.1) is 0 Å². The van der Waals surface area contributed by atoms with Crippen LogP contribution in [0.1, 0.15) is 0 Å². The molecule has 0 aliphatic carbocycles. The van der Waals surface area contributed by atoms with Crippen molar-refractivity contribution in [3.05, 3.63) is 30.5 Å². The molecular formula is C8H7LaN2-. The minimum atomic E-state index is 0. The van der Waals surface area contributed by atoms with E-state index in [1.807, 2.05) is 36.1 Å². The molecule has 0 saturated heterocycles. The van der Waals surface area contributed by atoms with Gasteiger partial charge >= 0.3 is 0 Å². The minimum Gasteiger partial charge on any atom is -0.293 e. The molecule has 2 aromatic rings. The van der Waals surface area contributed by atoms with Crippen molar-refractivity contribution in [3.8, 4) is 0 Å². The van der Waals surface area contributed by atoms with Gasteiger partial charge < -0.3 is 0 Å². The molecule has 1 heterocycles. The second-order valence-electron chi connectivity index (χ2n) is 2.25. The van der Waals surface area contributed by atoms with Gasteiger partial charge in [-0.1, -0.05) is 5.39 Å². The summed E-state index contributed by atoms with van der Waals surface area (Å²) in [5.41, 5.74) is 1.15. The summed E-state index contributed by atoms with van der Waals surface area (Å²) >= 11 is 0. The minimum absolute atomic E-state index is 0. The molecule has 0 aliphatic rings. The number of aromatic nitrogens is 2. The fourth-order valence-corrected chi connectivity index (χ4v) is 1.04. The normalized spacial score (nSPS) is 9.55. The Morgan fingerprint density at radius 2 is 2.36 bits per heavy atom. The Hall–Kier alpha value is -0.115. The molecule has 0 fully saturated rings. The summed E-state index contributed by atoms with van der Waals surface area (Å²) in [6, 6.07) is 8.82. The first-order valence-electron chi connectivity index (χ1n) is 3.16. The van der Waals surface area contributed by atoms with Crippen LogP contribution in [0, 0.1) is 41.7 Å². The van der Waals surface area contributed by atoms with Crippen molar-refractivity contribution in [1.82, 2.24) is 9.78 Å². The molecule has 0 amide bonds. The smallest absolute Gasteiger partial charge is 0.0279 e. The van der Waals surface area contributed by atoms with Crippen LogP contribution < -0.4 is 0 Å². The Labute approximate surface area is 93.2 Å². The van der Waals surface area contributed by atoms with Crippen LogP contribution in [0.5, 0.6) is 0 Å². The SMILES string of the molecule is Cn1ncc2c[c-]ccc21.[La]. The molecule has 1 radical (unpaired) electrons. The van der Waals surface area contributed by atoms with Crippen molar-refractivity contribution in [2.75, 3.05) is 0 Å². The van der Waals surface area contributed by atoms with E-state index in [0.29, 0.717) is 0 Å². The summed E-state index contributed by atoms with van der Waals surface area (Å²) in [5, 5.41) is 5.24. The van der Waals surface area contributed by atoms with Gasteiger partial charge in [-0.05, 0) is 5.52 Å². The van der Waals surface area contributed by atoms with E-state index in [2.05, 4.69) is 11.2 Å². The van der Waals surface area contributed by atoms with Crippen molar-refractivity contribution in [3.63, 3.8) is 0 Å². The first-order valence-corrected chi connectivity index (χ1v) is 3.16. The topological polar surface area (TPSA) is 17.8 Å². The number of hydrogen-bond donors (Lipinski definition) is 0. The van der Waals surface area contributed by atoms with Crippen LogP contribution in [-0.4, -0.2) is 9.78 Å². The van der Waals surface area contributed by atoms with E-state index in [0.717, 1.165) is 10.9 Å². The fraction of sp³-hybridized carbons (Fsp3) is 0.125. The Morgan fingerprint density at radius 1 is 1.55 bits per heavy atom. The summed E-state index contributed by atoms with van der Waals surface area (Å²) in [6.07, 6.45) is 1.84. The molecule has 0 saturated carbocycles. The summed E-state index contributed by atoms with van der Waals surface area (Å²) in [5.74, 6) is 0. The van der Waals surface area contributed by atoms with Gasteiger partial charge in [-0.15, -0.1) is 6.07 Å². The van der Waals surface area contributed by atoms with Crippen molar-refractivity contribution in [1.29, 1.82) is 0 Å². The van der Waals surface area contributed by atoms with E-state index >= 15 is 0 Å². The van der Waals surface area contributed by atoms with Crippen molar-refractivity contribution < 1.29 is 35.6 Å². The maximum absolute atomic E-state index is 4.09. The van der Waals surface area contributed by atoms with Crippen LogP contribution in [0.3, 0.4) is 0 Å². The van der Waals surface area contributed by atoms with Gasteiger partial charge in [-0.25, -0.2) is 0 Å². The molecule has 0 N–H and O–H groups in total.